The van der Waals surface area contributed by atoms with Gasteiger partial charge in [0.05, 0.1) is 6.54 Å². The minimum Gasteiger partial charge on any atom is -0.465 e. The molecule has 2 N–H and O–H groups in total. The van der Waals surface area contributed by atoms with Crippen LogP contribution in [0.5, 0.6) is 0 Å². The first-order chi connectivity index (χ1) is 15.9. The number of carbonyl (C=O) groups is 2. The van der Waals surface area contributed by atoms with E-state index in [1.54, 1.807) is 11.2 Å². The summed E-state index contributed by atoms with van der Waals surface area (Å²) in [6.07, 6.45) is 3.17. The van der Waals surface area contributed by atoms with Gasteiger partial charge < -0.3 is 15.0 Å². The van der Waals surface area contributed by atoms with Gasteiger partial charge in [0.25, 0.3) is 5.91 Å². The van der Waals surface area contributed by atoms with Gasteiger partial charge in [-0.2, -0.15) is 0 Å². The van der Waals surface area contributed by atoms with E-state index in [4.69, 9.17) is 15.1 Å². The number of aromatic nitrogens is 5. The number of fused-ring (bicyclic) bond motifs is 1. The molecule has 3 aromatic rings. The van der Waals surface area contributed by atoms with Gasteiger partial charge in [-0.05, 0) is 44.9 Å². The first-order valence-corrected chi connectivity index (χ1v) is 11.1. The van der Waals surface area contributed by atoms with Gasteiger partial charge in [0.15, 0.2) is 5.82 Å². The maximum atomic E-state index is 13.4. The minimum absolute atomic E-state index is 0.114. The van der Waals surface area contributed by atoms with Crippen LogP contribution in [0.25, 0.3) is 11.5 Å². The average molecular weight is 447 g/mol. The normalized spacial score (nSPS) is 15.2. The largest absolute Gasteiger partial charge is 0.465 e. The maximum Gasteiger partial charge on any atom is 0.404 e. The van der Waals surface area contributed by atoms with E-state index in [9.17, 15) is 9.59 Å². The smallest absolute Gasteiger partial charge is 0.404 e. The zero-order valence-corrected chi connectivity index (χ0v) is 18.5. The molecule has 0 bridgehead atoms. The Labute approximate surface area is 190 Å². The van der Waals surface area contributed by atoms with E-state index in [0.717, 1.165) is 29.8 Å². The maximum absolute atomic E-state index is 13.4. The Morgan fingerprint density at radius 2 is 2.09 bits per heavy atom. The van der Waals surface area contributed by atoms with Crippen molar-refractivity contribution in [3.8, 4) is 11.5 Å². The standard InChI is InChI=1S/C23H25N7O3/c1-13(2)30-12-25-28-21(30)18-4-3-5-20(27-18)29-11-16-15(22(29)31)10-19(14-6-7-14)26-17(16)8-9-24-23(32)33/h3-5,10,12-14,24H,6-9,11H2,1-2H3,(H,32,33). The summed E-state index contributed by atoms with van der Waals surface area (Å²) in [6, 6.07) is 7.61. The molecule has 10 nitrogen and oxygen atoms in total. The molecule has 0 spiro atoms. The van der Waals surface area contributed by atoms with Gasteiger partial charge in [-0.1, -0.05) is 6.07 Å². The van der Waals surface area contributed by atoms with E-state index in [-0.39, 0.29) is 18.5 Å². The molecule has 1 aliphatic heterocycles. The number of amides is 2. The van der Waals surface area contributed by atoms with E-state index in [2.05, 4.69) is 15.5 Å². The van der Waals surface area contributed by atoms with Crippen molar-refractivity contribution in [1.29, 1.82) is 0 Å². The summed E-state index contributed by atoms with van der Waals surface area (Å²) in [5.74, 6) is 1.45. The highest BCUT2D eigenvalue weighted by Gasteiger charge is 2.35. The highest BCUT2D eigenvalue weighted by atomic mass is 16.4. The van der Waals surface area contributed by atoms with Crippen LogP contribution in [-0.2, 0) is 13.0 Å². The first-order valence-electron chi connectivity index (χ1n) is 11.1. The number of nitrogens with one attached hydrogen (secondary N) is 1. The highest BCUT2D eigenvalue weighted by Crippen LogP contribution is 2.41. The Kier molecular flexibility index (Phi) is 5.27. The second-order valence-corrected chi connectivity index (χ2v) is 8.70. The summed E-state index contributed by atoms with van der Waals surface area (Å²) in [7, 11) is 0. The first kappa shape index (κ1) is 21.0. The number of carbonyl (C=O) groups excluding carboxylic acids is 1. The van der Waals surface area contributed by atoms with Gasteiger partial charge in [0.1, 0.15) is 17.8 Å². The lowest BCUT2D eigenvalue weighted by Crippen LogP contribution is -2.24. The van der Waals surface area contributed by atoms with E-state index in [0.29, 0.717) is 41.8 Å². The van der Waals surface area contributed by atoms with Crippen LogP contribution in [0.1, 0.15) is 66.0 Å². The van der Waals surface area contributed by atoms with E-state index < -0.39 is 6.09 Å². The van der Waals surface area contributed by atoms with E-state index >= 15 is 0 Å². The van der Waals surface area contributed by atoms with Gasteiger partial charge in [0, 0.05) is 47.4 Å². The lowest BCUT2D eigenvalue weighted by atomic mass is 10.0. The molecule has 3 aromatic heterocycles. The second kappa shape index (κ2) is 8.27. The number of rotatable bonds is 7. The van der Waals surface area contributed by atoms with Crippen molar-refractivity contribution in [3.05, 3.63) is 53.1 Å². The van der Waals surface area contributed by atoms with Crippen LogP contribution in [0, 0.1) is 0 Å². The summed E-state index contributed by atoms with van der Waals surface area (Å²) in [5.41, 5.74) is 3.81. The van der Waals surface area contributed by atoms with Crippen LogP contribution in [-0.4, -0.2) is 48.4 Å². The number of hydrogen-bond acceptors (Lipinski definition) is 6. The fraction of sp³-hybridized carbons (Fsp3) is 0.391. The highest BCUT2D eigenvalue weighted by molar-refractivity contribution is 6.09. The van der Waals surface area contributed by atoms with Crippen LogP contribution in [0.15, 0.2) is 30.6 Å². The molecule has 2 amide bonds. The Morgan fingerprint density at radius 1 is 1.27 bits per heavy atom. The predicted octanol–water partition coefficient (Wildman–Crippen LogP) is 3.16. The van der Waals surface area contributed by atoms with Crippen molar-refractivity contribution in [3.63, 3.8) is 0 Å². The molecule has 1 fully saturated rings. The van der Waals surface area contributed by atoms with Gasteiger partial charge >= 0.3 is 6.09 Å². The van der Waals surface area contributed by atoms with Crippen LogP contribution in [0.4, 0.5) is 10.6 Å². The predicted molar refractivity (Wildman–Crippen MR) is 120 cm³/mol. The van der Waals surface area contributed by atoms with Crippen molar-refractivity contribution >= 4 is 17.8 Å². The van der Waals surface area contributed by atoms with Crippen molar-refractivity contribution in [1.82, 2.24) is 30.0 Å². The summed E-state index contributed by atoms with van der Waals surface area (Å²) in [4.78, 5) is 35.5. The molecule has 0 saturated heterocycles. The zero-order chi connectivity index (χ0) is 23.1. The van der Waals surface area contributed by atoms with Crippen LogP contribution in [0.3, 0.4) is 0 Å². The number of anilines is 1. The van der Waals surface area contributed by atoms with Crippen LogP contribution >= 0.6 is 0 Å². The quantitative estimate of drug-likeness (QED) is 0.570. The fourth-order valence-corrected chi connectivity index (χ4v) is 4.16. The molecule has 0 atom stereocenters. The number of pyridine rings is 2. The molecule has 0 aromatic carbocycles. The van der Waals surface area contributed by atoms with Gasteiger partial charge in [-0.15, -0.1) is 10.2 Å². The Balaban J connectivity index is 1.47. The Morgan fingerprint density at radius 3 is 2.82 bits per heavy atom. The molecule has 2 aliphatic rings. The molecular weight excluding hydrogens is 422 g/mol. The lowest BCUT2D eigenvalue weighted by molar-refractivity contribution is 0.0995. The summed E-state index contributed by atoms with van der Waals surface area (Å²) >= 11 is 0. The SMILES string of the molecule is CC(C)n1cnnc1-c1cccc(N2Cc3c(cc(C4CC4)nc3CCNC(=O)O)C2=O)n1. The van der Waals surface area contributed by atoms with Crippen molar-refractivity contribution in [2.24, 2.45) is 0 Å². The molecule has 170 valence electrons. The van der Waals surface area contributed by atoms with Crippen LogP contribution < -0.4 is 10.2 Å². The molecular formula is C23H25N7O3. The third kappa shape index (κ3) is 4.04. The van der Waals surface area contributed by atoms with Crippen molar-refractivity contribution < 1.29 is 14.7 Å². The topological polar surface area (TPSA) is 126 Å². The molecule has 4 heterocycles. The molecule has 1 saturated carbocycles. The zero-order valence-electron chi connectivity index (χ0n) is 18.5. The van der Waals surface area contributed by atoms with E-state index in [1.165, 1.54) is 0 Å². The summed E-state index contributed by atoms with van der Waals surface area (Å²) in [5, 5.41) is 19.5. The number of nitrogens with zero attached hydrogens (tertiary/aromatic N) is 6. The molecule has 0 radical (unpaired) electrons. The summed E-state index contributed by atoms with van der Waals surface area (Å²) < 4.78 is 1.94. The summed E-state index contributed by atoms with van der Waals surface area (Å²) in [6.45, 7) is 4.68. The van der Waals surface area contributed by atoms with Crippen molar-refractivity contribution in [2.45, 2.75) is 51.6 Å². The molecule has 5 rings (SSSR count). The van der Waals surface area contributed by atoms with Crippen LogP contribution in [0.2, 0.25) is 0 Å². The van der Waals surface area contributed by atoms with Crippen molar-refractivity contribution in [2.75, 3.05) is 11.4 Å². The van der Waals surface area contributed by atoms with E-state index in [1.807, 2.05) is 42.7 Å². The van der Waals surface area contributed by atoms with Gasteiger partial charge in [-0.3, -0.25) is 14.7 Å². The molecule has 33 heavy (non-hydrogen) atoms. The fourth-order valence-electron chi connectivity index (χ4n) is 4.16. The lowest BCUT2D eigenvalue weighted by Gasteiger charge is -2.16. The molecule has 1 aliphatic carbocycles. The molecule has 10 heteroatoms. The van der Waals surface area contributed by atoms with Gasteiger partial charge in [0.2, 0.25) is 0 Å². The third-order valence-corrected chi connectivity index (χ3v) is 6.02. The Hall–Kier alpha value is -3.82. The van der Waals surface area contributed by atoms with Gasteiger partial charge in [-0.25, -0.2) is 9.78 Å². The average Bonchev–Trinajstić information content (AvgIpc) is 3.42. The third-order valence-electron chi connectivity index (χ3n) is 6.02. The number of hydrogen-bond donors (Lipinski definition) is 2. The monoisotopic (exact) mass is 447 g/mol. The minimum atomic E-state index is -1.07. The number of carboxylic acid groups (broad SMARTS) is 1. The molecule has 0 unspecified atom stereocenters. The Bertz CT molecular complexity index is 1230. The second-order valence-electron chi connectivity index (χ2n) is 8.70.